The van der Waals surface area contributed by atoms with E-state index >= 15 is 0 Å². The van der Waals surface area contributed by atoms with Gasteiger partial charge in [0.05, 0.1) is 20.5 Å². The first-order valence-electron chi connectivity index (χ1n) is 7.21. The smallest absolute Gasteiger partial charge is 0.160 e. The van der Waals surface area contributed by atoms with Gasteiger partial charge >= 0.3 is 0 Å². The van der Waals surface area contributed by atoms with E-state index in [1.807, 2.05) is 30.9 Å². The Bertz CT molecular complexity index is 526. The molecule has 1 heterocycles. The average molecular weight is 289 g/mol. The molecule has 114 valence electrons. The van der Waals surface area contributed by atoms with Gasteiger partial charge in [-0.15, -0.1) is 0 Å². The number of imidazole rings is 1. The van der Waals surface area contributed by atoms with E-state index in [9.17, 15) is 0 Å². The Balaban J connectivity index is 1.66. The maximum atomic E-state index is 5.31. The Labute approximate surface area is 125 Å². The third kappa shape index (κ3) is 4.79. The summed E-state index contributed by atoms with van der Waals surface area (Å²) < 4.78 is 12.6. The van der Waals surface area contributed by atoms with E-state index in [4.69, 9.17) is 9.47 Å². The van der Waals surface area contributed by atoms with Crippen molar-refractivity contribution < 1.29 is 9.47 Å². The molecule has 0 aliphatic carbocycles. The molecule has 0 saturated carbocycles. The third-order valence-electron chi connectivity index (χ3n) is 3.37. The highest BCUT2D eigenvalue weighted by Gasteiger charge is 2.04. The van der Waals surface area contributed by atoms with Crippen LogP contribution in [-0.2, 0) is 13.0 Å². The molecule has 1 aromatic carbocycles. The predicted molar refractivity (Wildman–Crippen MR) is 83.0 cm³/mol. The van der Waals surface area contributed by atoms with Crippen molar-refractivity contribution in [2.45, 2.75) is 19.4 Å². The first kappa shape index (κ1) is 15.4. The lowest BCUT2D eigenvalue weighted by Gasteiger charge is -2.10. The second-order valence-corrected chi connectivity index (χ2v) is 4.84. The van der Waals surface area contributed by atoms with Crippen molar-refractivity contribution in [2.75, 3.05) is 27.3 Å². The van der Waals surface area contributed by atoms with Crippen molar-refractivity contribution in [1.82, 2.24) is 14.9 Å². The Kier molecular flexibility index (Phi) is 6.09. The molecule has 21 heavy (non-hydrogen) atoms. The summed E-state index contributed by atoms with van der Waals surface area (Å²) in [7, 11) is 3.31. The molecule has 2 aromatic rings. The number of rotatable bonds is 9. The summed E-state index contributed by atoms with van der Waals surface area (Å²) in [6, 6.07) is 6.06. The molecule has 0 spiro atoms. The van der Waals surface area contributed by atoms with Gasteiger partial charge in [0.15, 0.2) is 11.5 Å². The summed E-state index contributed by atoms with van der Waals surface area (Å²) in [5.41, 5.74) is 1.25. The SMILES string of the molecule is COc1ccc(CCNCCCn2ccnc2)cc1OC. The number of aromatic nitrogens is 2. The van der Waals surface area contributed by atoms with Crippen molar-refractivity contribution >= 4 is 0 Å². The van der Waals surface area contributed by atoms with Crippen LogP contribution in [0.1, 0.15) is 12.0 Å². The zero-order chi connectivity index (χ0) is 14.9. The first-order valence-corrected chi connectivity index (χ1v) is 7.21. The maximum absolute atomic E-state index is 5.31. The number of benzene rings is 1. The monoisotopic (exact) mass is 289 g/mol. The summed E-state index contributed by atoms with van der Waals surface area (Å²) in [6.07, 6.45) is 7.73. The van der Waals surface area contributed by atoms with Crippen LogP contribution in [0.25, 0.3) is 0 Å². The largest absolute Gasteiger partial charge is 0.493 e. The van der Waals surface area contributed by atoms with Crippen LogP contribution in [0.2, 0.25) is 0 Å². The summed E-state index contributed by atoms with van der Waals surface area (Å²) in [5.74, 6) is 1.56. The summed E-state index contributed by atoms with van der Waals surface area (Å²) in [5, 5.41) is 3.46. The van der Waals surface area contributed by atoms with E-state index < -0.39 is 0 Å². The number of methoxy groups -OCH3 is 2. The minimum absolute atomic E-state index is 0.773. The van der Waals surface area contributed by atoms with Gasteiger partial charge in [-0.3, -0.25) is 0 Å². The molecule has 5 nitrogen and oxygen atoms in total. The maximum Gasteiger partial charge on any atom is 0.160 e. The molecule has 0 unspecified atom stereocenters. The third-order valence-corrected chi connectivity index (χ3v) is 3.37. The molecule has 0 radical (unpaired) electrons. The van der Waals surface area contributed by atoms with Crippen molar-refractivity contribution in [3.63, 3.8) is 0 Å². The predicted octanol–water partition coefficient (Wildman–Crippen LogP) is 2.12. The highest BCUT2D eigenvalue weighted by molar-refractivity contribution is 5.42. The number of nitrogens with one attached hydrogen (secondary N) is 1. The van der Waals surface area contributed by atoms with Gasteiger partial charge in [-0.25, -0.2) is 4.98 Å². The lowest BCUT2D eigenvalue weighted by molar-refractivity contribution is 0.354. The minimum atomic E-state index is 0.773. The molecule has 5 heteroatoms. The second-order valence-electron chi connectivity index (χ2n) is 4.84. The zero-order valence-corrected chi connectivity index (χ0v) is 12.7. The van der Waals surface area contributed by atoms with Gasteiger partial charge in [0.1, 0.15) is 0 Å². The fraction of sp³-hybridized carbons (Fsp3) is 0.438. The van der Waals surface area contributed by atoms with Gasteiger partial charge in [0, 0.05) is 18.9 Å². The molecular weight excluding hydrogens is 266 g/mol. The summed E-state index contributed by atoms with van der Waals surface area (Å²) in [6.45, 7) is 2.97. The highest BCUT2D eigenvalue weighted by atomic mass is 16.5. The fourth-order valence-electron chi connectivity index (χ4n) is 2.20. The zero-order valence-electron chi connectivity index (χ0n) is 12.7. The van der Waals surface area contributed by atoms with Crippen molar-refractivity contribution in [2.24, 2.45) is 0 Å². The molecule has 0 aliphatic rings. The van der Waals surface area contributed by atoms with Crippen molar-refractivity contribution in [3.05, 3.63) is 42.5 Å². The van der Waals surface area contributed by atoms with Crippen molar-refractivity contribution in [3.8, 4) is 11.5 Å². The van der Waals surface area contributed by atoms with E-state index in [1.165, 1.54) is 5.56 Å². The van der Waals surface area contributed by atoms with Crippen LogP contribution in [0, 0.1) is 0 Å². The van der Waals surface area contributed by atoms with Crippen LogP contribution < -0.4 is 14.8 Å². The van der Waals surface area contributed by atoms with Crippen LogP contribution in [0.4, 0.5) is 0 Å². The molecular formula is C16H23N3O2. The Morgan fingerprint density at radius 2 is 2.00 bits per heavy atom. The van der Waals surface area contributed by atoms with Gasteiger partial charge < -0.3 is 19.4 Å². The van der Waals surface area contributed by atoms with Crippen LogP contribution in [-0.4, -0.2) is 36.9 Å². The van der Waals surface area contributed by atoms with E-state index in [-0.39, 0.29) is 0 Å². The van der Waals surface area contributed by atoms with Gasteiger partial charge in [0.2, 0.25) is 0 Å². The van der Waals surface area contributed by atoms with Gasteiger partial charge in [0.25, 0.3) is 0 Å². The molecule has 0 fully saturated rings. The molecule has 0 aliphatic heterocycles. The lowest BCUT2D eigenvalue weighted by atomic mass is 10.1. The normalized spacial score (nSPS) is 10.6. The molecule has 0 bridgehead atoms. The number of ether oxygens (including phenoxy) is 2. The van der Waals surface area contributed by atoms with Crippen molar-refractivity contribution in [1.29, 1.82) is 0 Å². The van der Waals surface area contributed by atoms with Crippen LogP contribution >= 0.6 is 0 Å². The Morgan fingerprint density at radius 3 is 2.71 bits per heavy atom. The van der Waals surface area contributed by atoms with E-state index in [1.54, 1.807) is 14.2 Å². The standard InChI is InChI=1S/C16H23N3O2/c1-20-15-5-4-14(12-16(15)21-2)6-8-17-7-3-10-19-11-9-18-13-19/h4-5,9,11-13,17H,3,6-8,10H2,1-2H3. The summed E-state index contributed by atoms with van der Waals surface area (Å²) >= 11 is 0. The Hall–Kier alpha value is -2.01. The molecule has 2 rings (SSSR count). The second kappa shape index (κ2) is 8.32. The topological polar surface area (TPSA) is 48.3 Å². The number of hydrogen-bond acceptors (Lipinski definition) is 4. The molecule has 1 aromatic heterocycles. The summed E-state index contributed by atoms with van der Waals surface area (Å²) in [4.78, 5) is 4.03. The molecule has 0 saturated heterocycles. The number of aryl methyl sites for hydroxylation is 1. The average Bonchev–Trinajstić information content (AvgIpc) is 3.03. The highest BCUT2D eigenvalue weighted by Crippen LogP contribution is 2.27. The molecule has 0 atom stereocenters. The van der Waals surface area contributed by atoms with E-state index in [0.29, 0.717) is 0 Å². The van der Waals surface area contributed by atoms with Gasteiger partial charge in [-0.2, -0.15) is 0 Å². The van der Waals surface area contributed by atoms with Crippen LogP contribution in [0.3, 0.4) is 0 Å². The van der Waals surface area contributed by atoms with Crippen LogP contribution in [0.5, 0.6) is 11.5 Å². The van der Waals surface area contributed by atoms with Gasteiger partial charge in [-0.05, 0) is 43.6 Å². The number of nitrogens with zero attached hydrogens (tertiary/aromatic N) is 2. The number of hydrogen-bond donors (Lipinski definition) is 1. The lowest BCUT2D eigenvalue weighted by Crippen LogP contribution is -2.19. The van der Waals surface area contributed by atoms with E-state index in [0.717, 1.165) is 44.0 Å². The first-order chi connectivity index (χ1) is 10.3. The van der Waals surface area contributed by atoms with Crippen LogP contribution in [0.15, 0.2) is 36.9 Å². The molecule has 0 amide bonds. The van der Waals surface area contributed by atoms with Gasteiger partial charge in [-0.1, -0.05) is 6.07 Å². The fourth-order valence-corrected chi connectivity index (χ4v) is 2.20. The molecule has 1 N–H and O–H groups in total. The minimum Gasteiger partial charge on any atom is -0.493 e. The van der Waals surface area contributed by atoms with E-state index in [2.05, 4.69) is 20.9 Å². The quantitative estimate of drug-likeness (QED) is 0.718. The Morgan fingerprint density at radius 1 is 1.14 bits per heavy atom.